The summed E-state index contributed by atoms with van der Waals surface area (Å²) < 4.78 is 0. The molecule has 2 fully saturated rings. The highest BCUT2D eigenvalue weighted by atomic mass is 35.5. The average Bonchev–Trinajstić information content (AvgIpc) is 2.96. The molecule has 5 nitrogen and oxygen atoms in total. The van der Waals surface area contributed by atoms with Gasteiger partial charge in [-0.2, -0.15) is 0 Å². The van der Waals surface area contributed by atoms with Crippen LogP contribution in [0.15, 0.2) is 24.3 Å². The van der Waals surface area contributed by atoms with Gasteiger partial charge in [-0.05, 0) is 43.5 Å². The van der Waals surface area contributed by atoms with Gasteiger partial charge in [-0.1, -0.05) is 24.4 Å². The predicted molar refractivity (Wildman–Crippen MR) is 94.3 cm³/mol. The summed E-state index contributed by atoms with van der Waals surface area (Å²) in [5.41, 5.74) is 0.642. The molecule has 0 radical (unpaired) electrons. The maximum absolute atomic E-state index is 12.6. The Bertz CT molecular complexity index is 584. The zero-order valence-corrected chi connectivity index (χ0v) is 14.6. The van der Waals surface area contributed by atoms with Crippen molar-refractivity contribution in [3.8, 4) is 0 Å². The normalized spacial score (nSPS) is 19.2. The summed E-state index contributed by atoms with van der Waals surface area (Å²) in [7, 11) is 0. The standard InChI is InChI=1S/C18H24ClN3O2/c19-15-8-6-14(7-9-15)17(23)21-10-3-11-22(13-12-21)18(24)20-16-4-1-2-5-16/h6-9,16H,1-5,10-13H2,(H,20,24). The lowest BCUT2D eigenvalue weighted by atomic mass is 10.2. The maximum Gasteiger partial charge on any atom is 0.317 e. The summed E-state index contributed by atoms with van der Waals surface area (Å²) in [6.07, 6.45) is 5.38. The molecule has 3 rings (SSSR count). The zero-order valence-electron chi connectivity index (χ0n) is 13.8. The van der Waals surface area contributed by atoms with Crippen LogP contribution in [0.5, 0.6) is 0 Å². The second-order valence-electron chi connectivity index (χ2n) is 6.57. The second kappa shape index (κ2) is 7.88. The van der Waals surface area contributed by atoms with Crippen molar-refractivity contribution >= 4 is 23.5 Å². The Morgan fingerprint density at radius 2 is 1.54 bits per heavy atom. The van der Waals surface area contributed by atoms with Gasteiger partial charge in [0.2, 0.25) is 0 Å². The van der Waals surface area contributed by atoms with Gasteiger partial charge in [0.15, 0.2) is 0 Å². The molecule has 6 heteroatoms. The van der Waals surface area contributed by atoms with Crippen molar-refractivity contribution in [2.24, 2.45) is 0 Å². The van der Waals surface area contributed by atoms with E-state index in [1.165, 1.54) is 12.8 Å². The van der Waals surface area contributed by atoms with Crippen LogP contribution in [0, 0.1) is 0 Å². The maximum atomic E-state index is 12.6. The molecule has 0 aromatic heterocycles. The third-order valence-corrected chi connectivity index (χ3v) is 5.10. The molecule has 0 bridgehead atoms. The summed E-state index contributed by atoms with van der Waals surface area (Å²) >= 11 is 5.88. The van der Waals surface area contributed by atoms with Gasteiger partial charge in [-0.25, -0.2) is 4.79 Å². The molecule has 0 spiro atoms. The summed E-state index contributed by atoms with van der Waals surface area (Å²) in [4.78, 5) is 28.6. The first-order valence-electron chi connectivity index (χ1n) is 8.74. The van der Waals surface area contributed by atoms with E-state index in [0.29, 0.717) is 42.8 Å². The first-order chi connectivity index (χ1) is 11.6. The van der Waals surface area contributed by atoms with Crippen LogP contribution < -0.4 is 5.32 Å². The summed E-state index contributed by atoms with van der Waals surface area (Å²) in [6, 6.07) is 7.30. The fourth-order valence-corrected chi connectivity index (χ4v) is 3.56. The molecular formula is C18H24ClN3O2. The van der Waals surface area contributed by atoms with Crippen molar-refractivity contribution < 1.29 is 9.59 Å². The summed E-state index contributed by atoms with van der Waals surface area (Å²) in [5.74, 6) is 0.00437. The fourth-order valence-electron chi connectivity index (χ4n) is 3.43. The SMILES string of the molecule is O=C(NC1CCCC1)N1CCCN(C(=O)c2ccc(Cl)cc2)CC1. The molecule has 24 heavy (non-hydrogen) atoms. The van der Waals surface area contributed by atoms with Gasteiger partial charge >= 0.3 is 6.03 Å². The highest BCUT2D eigenvalue weighted by Gasteiger charge is 2.25. The van der Waals surface area contributed by atoms with Crippen molar-refractivity contribution in [2.75, 3.05) is 26.2 Å². The monoisotopic (exact) mass is 349 g/mol. The number of halogens is 1. The zero-order chi connectivity index (χ0) is 16.9. The van der Waals surface area contributed by atoms with E-state index in [9.17, 15) is 9.59 Å². The Kier molecular flexibility index (Phi) is 5.61. The smallest absolute Gasteiger partial charge is 0.317 e. The minimum Gasteiger partial charge on any atom is -0.337 e. The van der Waals surface area contributed by atoms with E-state index >= 15 is 0 Å². The largest absolute Gasteiger partial charge is 0.337 e. The lowest BCUT2D eigenvalue weighted by Gasteiger charge is -2.24. The van der Waals surface area contributed by atoms with Gasteiger partial charge in [-0.15, -0.1) is 0 Å². The number of benzene rings is 1. The van der Waals surface area contributed by atoms with Crippen LogP contribution in [0.2, 0.25) is 5.02 Å². The number of rotatable bonds is 2. The van der Waals surface area contributed by atoms with Gasteiger partial charge in [0.1, 0.15) is 0 Å². The van der Waals surface area contributed by atoms with Gasteiger partial charge in [0, 0.05) is 42.8 Å². The Labute approximate surface area is 147 Å². The minimum atomic E-state index is 0.00437. The molecule has 3 amide bonds. The van der Waals surface area contributed by atoms with Crippen LogP contribution in [0.25, 0.3) is 0 Å². The Balaban J connectivity index is 1.55. The van der Waals surface area contributed by atoms with Gasteiger partial charge in [0.25, 0.3) is 5.91 Å². The Morgan fingerprint density at radius 1 is 0.917 bits per heavy atom. The van der Waals surface area contributed by atoms with Crippen LogP contribution in [-0.2, 0) is 0 Å². The molecule has 0 unspecified atom stereocenters. The number of hydrogen-bond acceptors (Lipinski definition) is 2. The molecule has 130 valence electrons. The quantitative estimate of drug-likeness (QED) is 0.891. The molecule has 1 aromatic carbocycles. The highest BCUT2D eigenvalue weighted by molar-refractivity contribution is 6.30. The molecule has 1 aromatic rings. The number of carbonyl (C=O) groups excluding carboxylic acids is 2. The molecule has 1 aliphatic heterocycles. The summed E-state index contributed by atoms with van der Waals surface area (Å²) in [5, 5.41) is 3.75. The molecule has 0 atom stereocenters. The van der Waals surface area contributed by atoms with Crippen LogP contribution in [0.4, 0.5) is 4.79 Å². The first kappa shape index (κ1) is 17.1. The van der Waals surface area contributed by atoms with Crippen LogP contribution in [0.3, 0.4) is 0 Å². The molecular weight excluding hydrogens is 326 g/mol. The number of urea groups is 1. The van der Waals surface area contributed by atoms with Gasteiger partial charge in [0.05, 0.1) is 0 Å². The molecule has 1 N–H and O–H groups in total. The van der Waals surface area contributed by atoms with E-state index in [2.05, 4.69) is 5.32 Å². The molecule has 2 aliphatic rings. The molecule has 1 heterocycles. The second-order valence-corrected chi connectivity index (χ2v) is 7.01. The summed E-state index contributed by atoms with van der Waals surface area (Å²) in [6.45, 7) is 2.52. The lowest BCUT2D eigenvalue weighted by Crippen LogP contribution is -2.45. The van der Waals surface area contributed by atoms with E-state index < -0.39 is 0 Å². The minimum absolute atomic E-state index is 0.00437. The van der Waals surface area contributed by atoms with E-state index in [1.807, 2.05) is 9.80 Å². The van der Waals surface area contributed by atoms with Crippen molar-refractivity contribution in [2.45, 2.75) is 38.1 Å². The van der Waals surface area contributed by atoms with E-state index in [4.69, 9.17) is 11.6 Å². The Hall–Kier alpha value is -1.75. The van der Waals surface area contributed by atoms with Crippen molar-refractivity contribution in [1.82, 2.24) is 15.1 Å². The topological polar surface area (TPSA) is 52.7 Å². The van der Waals surface area contributed by atoms with Crippen molar-refractivity contribution in [3.05, 3.63) is 34.9 Å². The van der Waals surface area contributed by atoms with Crippen LogP contribution in [-0.4, -0.2) is 54.0 Å². The van der Waals surface area contributed by atoms with E-state index in [-0.39, 0.29) is 11.9 Å². The third kappa shape index (κ3) is 4.20. The molecule has 1 saturated carbocycles. The number of amides is 3. The van der Waals surface area contributed by atoms with Gasteiger partial charge in [-0.3, -0.25) is 4.79 Å². The average molecular weight is 350 g/mol. The Morgan fingerprint density at radius 3 is 2.25 bits per heavy atom. The van der Waals surface area contributed by atoms with Crippen LogP contribution >= 0.6 is 11.6 Å². The molecule has 1 aliphatic carbocycles. The fraction of sp³-hybridized carbons (Fsp3) is 0.556. The van der Waals surface area contributed by atoms with E-state index in [0.717, 1.165) is 19.3 Å². The highest BCUT2D eigenvalue weighted by Crippen LogP contribution is 2.18. The van der Waals surface area contributed by atoms with Gasteiger partial charge < -0.3 is 15.1 Å². The van der Waals surface area contributed by atoms with Crippen molar-refractivity contribution in [3.63, 3.8) is 0 Å². The van der Waals surface area contributed by atoms with E-state index in [1.54, 1.807) is 24.3 Å². The number of carbonyl (C=O) groups is 2. The first-order valence-corrected chi connectivity index (χ1v) is 9.11. The third-order valence-electron chi connectivity index (χ3n) is 4.84. The predicted octanol–water partition coefficient (Wildman–Crippen LogP) is 3.14. The lowest BCUT2D eigenvalue weighted by molar-refractivity contribution is 0.0762. The van der Waals surface area contributed by atoms with Crippen LogP contribution in [0.1, 0.15) is 42.5 Å². The number of nitrogens with zero attached hydrogens (tertiary/aromatic N) is 2. The molecule has 1 saturated heterocycles. The van der Waals surface area contributed by atoms with Crippen molar-refractivity contribution in [1.29, 1.82) is 0 Å². The number of nitrogens with one attached hydrogen (secondary N) is 1. The number of hydrogen-bond donors (Lipinski definition) is 1.